The SMILES string of the molecule is C[C@@H](NCc1cnc(N(C)C)n1C)c1cccnc1. The molecule has 0 bridgehead atoms. The zero-order valence-electron chi connectivity index (χ0n) is 12.0. The van der Waals surface area contributed by atoms with E-state index in [0.717, 1.165) is 12.5 Å². The average molecular weight is 259 g/mol. The van der Waals surface area contributed by atoms with Crippen molar-refractivity contribution in [2.24, 2.45) is 7.05 Å². The lowest BCUT2D eigenvalue weighted by atomic mass is 10.1. The Labute approximate surface area is 114 Å². The minimum absolute atomic E-state index is 0.270. The summed E-state index contributed by atoms with van der Waals surface area (Å²) in [6, 6.07) is 4.31. The van der Waals surface area contributed by atoms with E-state index in [9.17, 15) is 0 Å². The van der Waals surface area contributed by atoms with Crippen LogP contribution in [-0.4, -0.2) is 28.6 Å². The fourth-order valence-corrected chi connectivity index (χ4v) is 2.02. The molecule has 0 aliphatic carbocycles. The van der Waals surface area contributed by atoms with Gasteiger partial charge in [0.1, 0.15) is 0 Å². The molecule has 1 atom stereocenters. The van der Waals surface area contributed by atoms with E-state index >= 15 is 0 Å². The van der Waals surface area contributed by atoms with E-state index in [1.807, 2.05) is 44.5 Å². The standard InChI is InChI=1S/C14H21N5/c1-11(12-6-5-7-15-8-12)16-9-13-10-17-14(18(2)3)19(13)4/h5-8,10-11,16H,9H2,1-4H3/t11-/m1/s1. The highest BCUT2D eigenvalue weighted by Crippen LogP contribution is 2.14. The van der Waals surface area contributed by atoms with Crippen LogP contribution in [0.5, 0.6) is 0 Å². The highest BCUT2D eigenvalue weighted by Gasteiger charge is 2.10. The summed E-state index contributed by atoms with van der Waals surface area (Å²) in [6.45, 7) is 2.92. The second-order valence-corrected chi connectivity index (χ2v) is 4.89. The van der Waals surface area contributed by atoms with Gasteiger partial charge in [-0.2, -0.15) is 0 Å². The number of pyridine rings is 1. The fourth-order valence-electron chi connectivity index (χ4n) is 2.02. The molecule has 19 heavy (non-hydrogen) atoms. The van der Waals surface area contributed by atoms with E-state index in [-0.39, 0.29) is 6.04 Å². The fraction of sp³-hybridized carbons (Fsp3) is 0.429. The molecule has 2 heterocycles. The molecule has 0 radical (unpaired) electrons. The first-order chi connectivity index (χ1) is 9.09. The lowest BCUT2D eigenvalue weighted by Gasteiger charge is -2.15. The molecule has 1 N–H and O–H groups in total. The Morgan fingerprint density at radius 2 is 2.16 bits per heavy atom. The molecule has 0 spiro atoms. The quantitative estimate of drug-likeness (QED) is 0.888. The lowest BCUT2D eigenvalue weighted by molar-refractivity contribution is 0.556. The Hall–Kier alpha value is -1.88. The van der Waals surface area contributed by atoms with Crippen LogP contribution in [-0.2, 0) is 13.6 Å². The summed E-state index contributed by atoms with van der Waals surface area (Å²) in [4.78, 5) is 10.6. The zero-order valence-corrected chi connectivity index (χ0v) is 12.0. The molecule has 0 aromatic carbocycles. The van der Waals surface area contributed by atoms with Gasteiger partial charge in [0.2, 0.25) is 5.95 Å². The molecule has 0 saturated heterocycles. The number of rotatable bonds is 5. The number of aromatic nitrogens is 3. The molecule has 2 aromatic rings. The molecular weight excluding hydrogens is 238 g/mol. The maximum atomic E-state index is 4.40. The average Bonchev–Trinajstić information content (AvgIpc) is 2.78. The van der Waals surface area contributed by atoms with Crippen molar-refractivity contribution in [3.63, 3.8) is 0 Å². The molecule has 0 saturated carbocycles. The van der Waals surface area contributed by atoms with Gasteiger partial charge in [0.15, 0.2) is 0 Å². The van der Waals surface area contributed by atoms with Gasteiger partial charge in [-0.3, -0.25) is 4.98 Å². The van der Waals surface area contributed by atoms with Gasteiger partial charge < -0.3 is 14.8 Å². The molecule has 5 nitrogen and oxygen atoms in total. The van der Waals surface area contributed by atoms with Crippen molar-refractivity contribution in [3.8, 4) is 0 Å². The third kappa shape index (κ3) is 3.12. The Morgan fingerprint density at radius 1 is 1.37 bits per heavy atom. The molecule has 102 valence electrons. The molecule has 0 unspecified atom stereocenters. The van der Waals surface area contributed by atoms with Crippen molar-refractivity contribution in [1.82, 2.24) is 19.9 Å². The van der Waals surface area contributed by atoms with Crippen LogP contribution in [0.15, 0.2) is 30.7 Å². The smallest absolute Gasteiger partial charge is 0.204 e. The van der Waals surface area contributed by atoms with Crippen molar-refractivity contribution in [2.75, 3.05) is 19.0 Å². The maximum absolute atomic E-state index is 4.40. The molecule has 0 aliphatic rings. The molecule has 2 rings (SSSR count). The Balaban J connectivity index is 1.99. The Bertz CT molecular complexity index is 518. The monoisotopic (exact) mass is 259 g/mol. The van der Waals surface area contributed by atoms with Crippen LogP contribution >= 0.6 is 0 Å². The summed E-state index contributed by atoms with van der Waals surface area (Å²) in [6.07, 6.45) is 5.60. The van der Waals surface area contributed by atoms with Crippen molar-refractivity contribution in [2.45, 2.75) is 19.5 Å². The van der Waals surface area contributed by atoms with E-state index in [4.69, 9.17) is 0 Å². The summed E-state index contributed by atoms with van der Waals surface area (Å²) >= 11 is 0. The van der Waals surface area contributed by atoms with Gasteiger partial charge in [0.25, 0.3) is 0 Å². The van der Waals surface area contributed by atoms with Crippen LogP contribution < -0.4 is 10.2 Å². The van der Waals surface area contributed by atoms with Crippen molar-refractivity contribution < 1.29 is 0 Å². The maximum Gasteiger partial charge on any atom is 0.204 e. The first kappa shape index (κ1) is 13.5. The van der Waals surface area contributed by atoms with Gasteiger partial charge in [0.05, 0.1) is 11.9 Å². The molecule has 0 fully saturated rings. The van der Waals surface area contributed by atoms with Gasteiger partial charge in [-0.15, -0.1) is 0 Å². The number of imidazole rings is 1. The summed E-state index contributed by atoms with van der Waals surface area (Å²) in [5.74, 6) is 0.964. The second kappa shape index (κ2) is 5.84. The van der Waals surface area contributed by atoms with Gasteiger partial charge >= 0.3 is 0 Å². The van der Waals surface area contributed by atoms with E-state index in [1.54, 1.807) is 6.20 Å². The van der Waals surface area contributed by atoms with Crippen LogP contribution in [0.1, 0.15) is 24.2 Å². The van der Waals surface area contributed by atoms with Gasteiger partial charge in [-0.1, -0.05) is 6.07 Å². The summed E-state index contributed by atoms with van der Waals surface area (Å²) in [5.41, 5.74) is 2.36. The predicted molar refractivity (Wildman–Crippen MR) is 77.0 cm³/mol. The summed E-state index contributed by atoms with van der Waals surface area (Å²) in [5, 5.41) is 3.49. The summed E-state index contributed by atoms with van der Waals surface area (Å²) in [7, 11) is 6.03. The van der Waals surface area contributed by atoms with Crippen LogP contribution in [0.25, 0.3) is 0 Å². The van der Waals surface area contributed by atoms with Gasteiger partial charge in [-0.05, 0) is 18.6 Å². The van der Waals surface area contributed by atoms with E-state index in [0.29, 0.717) is 0 Å². The molecule has 0 amide bonds. The summed E-state index contributed by atoms with van der Waals surface area (Å²) < 4.78 is 2.10. The highest BCUT2D eigenvalue weighted by molar-refractivity contribution is 5.31. The highest BCUT2D eigenvalue weighted by atomic mass is 15.3. The van der Waals surface area contributed by atoms with Crippen molar-refractivity contribution in [1.29, 1.82) is 0 Å². The number of hydrogen-bond donors (Lipinski definition) is 1. The first-order valence-corrected chi connectivity index (χ1v) is 6.41. The lowest BCUT2D eigenvalue weighted by Crippen LogP contribution is -2.21. The van der Waals surface area contributed by atoms with Crippen LogP contribution in [0.2, 0.25) is 0 Å². The van der Waals surface area contributed by atoms with Gasteiger partial charge in [0, 0.05) is 46.1 Å². The van der Waals surface area contributed by atoms with E-state index in [1.165, 1.54) is 11.3 Å². The Kier molecular flexibility index (Phi) is 4.16. The van der Waals surface area contributed by atoms with E-state index < -0.39 is 0 Å². The van der Waals surface area contributed by atoms with Crippen LogP contribution in [0.4, 0.5) is 5.95 Å². The first-order valence-electron chi connectivity index (χ1n) is 6.41. The normalized spacial score (nSPS) is 12.4. The minimum atomic E-state index is 0.270. The molecule has 2 aromatic heterocycles. The molecule has 5 heteroatoms. The van der Waals surface area contributed by atoms with Crippen molar-refractivity contribution in [3.05, 3.63) is 42.0 Å². The zero-order chi connectivity index (χ0) is 13.8. The number of nitrogens with one attached hydrogen (secondary N) is 1. The third-order valence-electron chi connectivity index (χ3n) is 3.23. The second-order valence-electron chi connectivity index (χ2n) is 4.89. The Morgan fingerprint density at radius 3 is 2.74 bits per heavy atom. The van der Waals surface area contributed by atoms with Crippen LogP contribution in [0, 0.1) is 0 Å². The van der Waals surface area contributed by atoms with Gasteiger partial charge in [-0.25, -0.2) is 4.98 Å². The van der Waals surface area contributed by atoms with E-state index in [2.05, 4.69) is 32.8 Å². The molecule has 0 aliphatic heterocycles. The number of anilines is 1. The largest absolute Gasteiger partial charge is 0.348 e. The number of hydrogen-bond acceptors (Lipinski definition) is 4. The van der Waals surface area contributed by atoms with Crippen LogP contribution in [0.3, 0.4) is 0 Å². The molecular formula is C14H21N5. The third-order valence-corrected chi connectivity index (χ3v) is 3.23. The topological polar surface area (TPSA) is 46.0 Å². The predicted octanol–water partition coefficient (Wildman–Crippen LogP) is 1.73. The minimum Gasteiger partial charge on any atom is -0.348 e. The van der Waals surface area contributed by atoms with Crippen molar-refractivity contribution >= 4 is 5.95 Å². The number of nitrogens with zero attached hydrogens (tertiary/aromatic N) is 4.